The number of nitrogens with zero attached hydrogens (tertiary/aromatic N) is 1. The summed E-state index contributed by atoms with van der Waals surface area (Å²) >= 11 is 0. The third-order valence-electron chi connectivity index (χ3n) is 7.05. The number of likely N-dealkylation sites (tertiary alicyclic amines) is 1. The van der Waals surface area contributed by atoms with Crippen LogP contribution in [0.3, 0.4) is 0 Å². The number of aliphatic hydroxyl groups excluding tert-OH is 1. The van der Waals surface area contributed by atoms with E-state index < -0.39 is 24.3 Å². The van der Waals surface area contributed by atoms with Crippen LogP contribution in [0, 0.1) is 0 Å². The molecule has 2 aromatic carbocycles. The van der Waals surface area contributed by atoms with Crippen molar-refractivity contribution in [1.29, 1.82) is 0 Å². The molecule has 2 N–H and O–H groups in total. The minimum Gasteiger partial charge on any atom is -0.453 e. The molecule has 2 aliphatic rings. The lowest BCUT2D eigenvalue weighted by molar-refractivity contribution is -0.253. The van der Waals surface area contributed by atoms with Gasteiger partial charge in [0.05, 0.1) is 25.4 Å². The summed E-state index contributed by atoms with van der Waals surface area (Å²) in [7, 11) is 1.74. The van der Waals surface area contributed by atoms with Crippen LogP contribution in [0.2, 0.25) is 0 Å². The number of carbonyl (C=O) groups is 2. The number of benzene rings is 2. The van der Waals surface area contributed by atoms with Crippen molar-refractivity contribution in [3.63, 3.8) is 0 Å². The minimum absolute atomic E-state index is 0.00933. The molecule has 38 heavy (non-hydrogen) atoms. The van der Waals surface area contributed by atoms with Gasteiger partial charge in [-0.05, 0) is 49.6 Å². The number of hydrogen-bond donors (Lipinski definition) is 2. The van der Waals surface area contributed by atoms with E-state index in [0.717, 1.165) is 42.6 Å². The number of hydrogen-bond acceptors (Lipinski definition) is 8. The van der Waals surface area contributed by atoms with Crippen LogP contribution in [0.4, 0.5) is 5.69 Å². The van der Waals surface area contributed by atoms with Crippen LogP contribution in [0.5, 0.6) is 0 Å². The lowest BCUT2D eigenvalue weighted by Crippen LogP contribution is -2.42. The minimum atomic E-state index is -0.908. The Hall–Kier alpha value is -2.82. The topological polar surface area (TPSA) is 107 Å². The molecule has 1 amide bonds. The normalized spacial score (nSPS) is 24.6. The summed E-state index contributed by atoms with van der Waals surface area (Å²) in [5.41, 5.74) is 3.21. The molecule has 0 saturated carbocycles. The highest BCUT2D eigenvalue weighted by molar-refractivity contribution is 5.95. The van der Waals surface area contributed by atoms with Crippen LogP contribution in [-0.2, 0) is 35.1 Å². The maximum absolute atomic E-state index is 12.5. The summed E-state index contributed by atoms with van der Waals surface area (Å²) in [6, 6.07) is 15.5. The Labute approximate surface area is 224 Å². The standard InChI is InChI=1S/C29H38N2O7/c1-19(36-20(2)33)28(34)30-24-7-4-6-23(14-24)29-37-26(16-31-13-5-8-25(31)18-35-3)15-27(38-29)22-11-9-21(17-32)10-12-22/h4,6-7,9-12,14,19,25-27,29,32H,5,8,13,15-18H2,1-3H3,(H,30,34)/t19-,25-,26+,27-,29-/m0/s1. The molecule has 2 aromatic rings. The monoisotopic (exact) mass is 526 g/mol. The van der Waals surface area contributed by atoms with Crippen molar-refractivity contribution in [3.8, 4) is 0 Å². The fourth-order valence-electron chi connectivity index (χ4n) is 5.12. The third-order valence-corrected chi connectivity index (χ3v) is 7.05. The van der Waals surface area contributed by atoms with Crippen LogP contribution in [0.15, 0.2) is 48.5 Å². The third kappa shape index (κ3) is 7.39. The summed E-state index contributed by atoms with van der Waals surface area (Å²) in [4.78, 5) is 26.1. The van der Waals surface area contributed by atoms with Gasteiger partial charge in [0.25, 0.3) is 5.91 Å². The highest BCUT2D eigenvalue weighted by atomic mass is 16.7. The molecule has 206 valence electrons. The van der Waals surface area contributed by atoms with E-state index in [1.165, 1.54) is 13.8 Å². The maximum atomic E-state index is 12.5. The number of aliphatic hydroxyl groups is 1. The van der Waals surface area contributed by atoms with Crippen molar-refractivity contribution in [2.45, 2.75) is 70.4 Å². The second-order valence-corrected chi connectivity index (χ2v) is 9.96. The first-order valence-corrected chi connectivity index (χ1v) is 13.2. The van der Waals surface area contributed by atoms with Crippen molar-refractivity contribution in [2.75, 3.05) is 32.1 Å². The maximum Gasteiger partial charge on any atom is 0.303 e. The van der Waals surface area contributed by atoms with E-state index in [0.29, 0.717) is 24.8 Å². The molecule has 2 heterocycles. The summed E-state index contributed by atoms with van der Waals surface area (Å²) in [6.45, 7) is 5.27. The molecule has 9 heteroatoms. The van der Waals surface area contributed by atoms with E-state index >= 15 is 0 Å². The second-order valence-electron chi connectivity index (χ2n) is 9.96. The lowest BCUT2D eigenvalue weighted by Gasteiger charge is -2.39. The van der Waals surface area contributed by atoms with Crippen molar-refractivity contribution >= 4 is 17.6 Å². The molecule has 4 rings (SSSR count). The molecule has 0 bridgehead atoms. The number of rotatable bonds is 10. The van der Waals surface area contributed by atoms with Gasteiger partial charge in [0, 0.05) is 44.3 Å². The molecule has 2 fully saturated rings. The first-order valence-electron chi connectivity index (χ1n) is 13.2. The Balaban J connectivity index is 1.53. The van der Waals surface area contributed by atoms with Crippen LogP contribution < -0.4 is 5.32 Å². The average molecular weight is 527 g/mol. The van der Waals surface area contributed by atoms with E-state index in [4.69, 9.17) is 18.9 Å². The molecule has 2 aliphatic heterocycles. The Morgan fingerprint density at radius 2 is 1.95 bits per heavy atom. The zero-order chi connectivity index (χ0) is 27.1. The largest absolute Gasteiger partial charge is 0.453 e. The smallest absolute Gasteiger partial charge is 0.303 e. The number of anilines is 1. The zero-order valence-corrected chi connectivity index (χ0v) is 22.3. The van der Waals surface area contributed by atoms with E-state index in [9.17, 15) is 14.7 Å². The van der Waals surface area contributed by atoms with Crippen molar-refractivity contribution in [3.05, 3.63) is 65.2 Å². The SMILES string of the molecule is COC[C@@H]1CCCN1C[C@H]1C[C@@H](c2ccc(CO)cc2)O[C@@H](c2cccc(NC(=O)[C@H](C)OC(C)=O)c2)O1. The Kier molecular flexibility index (Phi) is 9.87. The number of carbonyl (C=O) groups excluding carboxylic acids is 2. The fraction of sp³-hybridized carbons (Fsp3) is 0.517. The quantitative estimate of drug-likeness (QED) is 0.451. The van der Waals surface area contributed by atoms with Gasteiger partial charge in [0.2, 0.25) is 0 Å². The van der Waals surface area contributed by atoms with Gasteiger partial charge in [-0.3, -0.25) is 14.5 Å². The molecule has 0 unspecified atom stereocenters. The highest BCUT2D eigenvalue weighted by Gasteiger charge is 2.35. The molecule has 0 spiro atoms. The summed E-state index contributed by atoms with van der Waals surface area (Å²) < 4.78 is 23.4. The molecule has 0 aromatic heterocycles. The molecule has 0 aliphatic carbocycles. The second kappa shape index (κ2) is 13.3. The average Bonchev–Trinajstić information content (AvgIpc) is 3.35. The van der Waals surface area contributed by atoms with Gasteiger partial charge >= 0.3 is 5.97 Å². The molecular weight excluding hydrogens is 488 g/mol. The van der Waals surface area contributed by atoms with Crippen molar-refractivity contribution in [1.82, 2.24) is 4.90 Å². The number of nitrogens with one attached hydrogen (secondary N) is 1. The zero-order valence-electron chi connectivity index (χ0n) is 22.3. The predicted molar refractivity (Wildman–Crippen MR) is 141 cm³/mol. The summed E-state index contributed by atoms with van der Waals surface area (Å²) in [5, 5.41) is 12.2. The van der Waals surface area contributed by atoms with Gasteiger partial charge < -0.3 is 29.4 Å². The van der Waals surface area contributed by atoms with E-state index in [2.05, 4.69) is 10.2 Å². The van der Waals surface area contributed by atoms with Gasteiger partial charge in [0.1, 0.15) is 0 Å². The molecule has 0 radical (unpaired) electrons. The van der Waals surface area contributed by atoms with Crippen LogP contribution >= 0.6 is 0 Å². The fourth-order valence-corrected chi connectivity index (χ4v) is 5.12. The Bertz CT molecular complexity index is 1080. The first-order chi connectivity index (χ1) is 18.4. The van der Waals surface area contributed by atoms with Crippen molar-refractivity contribution in [2.24, 2.45) is 0 Å². The van der Waals surface area contributed by atoms with E-state index in [1.54, 1.807) is 13.2 Å². The Morgan fingerprint density at radius 1 is 1.16 bits per heavy atom. The van der Waals surface area contributed by atoms with E-state index in [-0.39, 0.29) is 18.8 Å². The predicted octanol–water partition coefficient (Wildman–Crippen LogP) is 3.73. The molecule has 9 nitrogen and oxygen atoms in total. The molecular formula is C29H38N2O7. The van der Waals surface area contributed by atoms with E-state index in [1.807, 2.05) is 42.5 Å². The van der Waals surface area contributed by atoms with Crippen LogP contribution in [-0.4, -0.2) is 66.9 Å². The molecule has 2 saturated heterocycles. The van der Waals surface area contributed by atoms with Crippen LogP contribution in [0.25, 0.3) is 0 Å². The van der Waals surface area contributed by atoms with Gasteiger partial charge in [0.15, 0.2) is 12.4 Å². The van der Waals surface area contributed by atoms with Gasteiger partial charge in [-0.25, -0.2) is 0 Å². The van der Waals surface area contributed by atoms with Crippen molar-refractivity contribution < 1.29 is 33.6 Å². The summed E-state index contributed by atoms with van der Waals surface area (Å²) in [5.74, 6) is -0.930. The van der Waals surface area contributed by atoms with Gasteiger partial charge in [-0.2, -0.15) is 0 Å². The number of esters is 1. The lowest BCUT2D eigenvalue weighted by atomic mass is 9.99. The van der Waals surface area contributed by atoms with Gasteiger partial charge in [-0.15, -0.1) is 0 Å². The molecule has 5 atom stereocenters. The number of ether oxygens (including phenoxy) is 4. The number of methoxy groups -OCH3 is 1. The highest BCUT2D eigenvalue weighted by Crippen LogP contribution is 2.39. The summed E-state index contributed by atoms with van der Waals surface area (Å²) in [6.07, 6.45) is 1.13. The Morgan fingerprint density at radius 3 is 2.66 bits per heavy atom. The first kappa shape index (κ1) is 28.2. The van der Waals surface area contributed by atoms with Crippen LogP contribution in [0.1, 0.15) is 62.2 Å². The van der Waals surface area contributed by atoms with Gasteiger partial charge in [-0.1, -0.05) is 36.4 Å². The number of amides is 1.